The second-order valence-corrected chi connectivity index (χ2v) is 3.66. The van der Waals surface area contributed by atoms with Crippen LogP contribution in [-0.4, -0.2) is 6.61 Å². The molecule has 0 radical (unpaired) electrons. The topological polar surface area (TPSA) is 9.23 Å². The molecule has 1 aromatic carbocycles. The van der Waals surface area contributed by atoms with Crippen molar-refractivity contribution >= 4 is 34.2 Å². The van der Waals surface area contributed by atoms with E-state index in [4.69, 9.17) is 16.3 Å². The van der Waals surface area contributed by atoms with Crippen molar-refractivity contribution in [2.45, 2.75) is 6.92 Å². The van der Waals surface area contributed by atoms with E-state index in [-0.39, 0.29) is 0 Å². The minimum absolute atomic E-state index is 0.653. The Hall–Kier alpha value is 0.0400. The van der Waals surface area contributed by atoms with Crippen LogP contribution in [0.4, 0.5) is 0 Å². The quantitative estimate of drug-likeness (QED) is 0.756. The fourth-order valence-corrected chi connectivity index (χ4v) is 1.66. The maximum absolute atomic E-state index is 5.88. The molecule has 0 heterocycles. The maximum atomic E-state index is 5.88. The third-order valence-electron chi connectivity index (χ3n) is 1.19. The SMILES string of the molecule is CCOc1ccc(I)cc1Cl. The van der Waals surface area contributed by atoms with Crippen molar-refractivity contribution in [3.8, 4) is 5.75 Å². The molecule has 1 rings (SSSR count). The average molecular weight is 283 g/mol. The summed E-state index contributed by atoms with van der Waals surface area (Å²) in [5.74, 6) is 0.759. The minimum Gasteiger partial charge on any atom is -0.492 e. The fourth-order valence-electron chi connectivity index (χ4n) is 0.748. The summed E-state index contributed by atoms with van der Waals surface area (Å²) < 4.78 is 6.38. The van der Waals surface area contributed by atoms with E-state index in [0.29, 0.717) is 11.6 Å². The largest absolute Gasteiger partial charge is 0.492 e. The van der Waals surface area contributed by atoms with Crippen LogP contribution in [0.2, 0.25) is 5.02 Å². The van der Waals surface area contributed by atoms with E-state index >= 15 is 0 Å². The van der Waals surface area contributed by atoms with Gasteiger partial charge in [-0.05, 0) is 47.7 Å². The van der Waals surface area contributed by atoms with Crippen LogP contribution in [0, 0.1) is 3.57 Å². The third-order valence-corrected chi connectivity index (χ3v) is 2.16. The van der Waals surface area contributed by atoms with Crippen LogP contribution in [0.15, 0.2) is 18.2 Å². The van der Waals surface area contributed by atoms with Crippen LogP contribution in [0.3, 0.4) is 0 Å². The summed E-state index contributed by atoms with van der Waals surface area (Å²) in [5, 5.41) is 0.679. The normalized spacial score (nSPS) is 9.73. The highest BCUT2D eigenvalue weighted by atomic mass is 127. The van der Waals surface area contributed by atoms with Crippen LogP contribution in [0.1, 0.15) is 6.92 Å². The molecular weight excluding hydrogens is 274 g/mol. The predicted molar refractivity (Wildman–Crippen MR) is 55.3 cm³/mol. The van der Waals surface area contributed by atoms with Crippen LogP contribution < -0.4 is 4.74 Å². The Kier molecular flexibility index (Phi) is 3.45. The number of halogens is 2. The van der Waals surface area contributed by atoms with Gasteiger partial charge in [0, 0.05) is 3.57 Å². The van der Waals surface area contributed by atoms with Crippen molar-refractivity contribution in [1.29, 1.82) is 0 Å². The van der Waals surface area contributed by atoms with Gasteiger partial charge in [0.25, 0.3) is 0 Å². The lowest BCUT2D eigenvalue weighted by molar-refractivity contribution is 0.340. The molecule has 0 fully saturated rings. The Bertz CT molecular complexity index is 250. The standard InChI is InChI=1S/C8H8ClIO/c1-2-11-8-4-3-6(10)5-7(8)9/h3-5H,2H2,1H3. The molecule has 0 saturated heterocycles. The van der Waals surface area contributed by atoms with E-state index in [2.05, 4.69) is 22.6 Å². The highest BCUT2D eigenvalue weighted by Gasteiger charge is 1.99. The molecule has 1 aromatic rings. The summed E-state index contributed by atoms with van der Waals surface area (Å²) in [5.41, 5.74) is 0. The van der Waals surface area contributed by atoms with E-state index in [0.717, 1.165) is 9.32 Å². The van der Waals surface area contributed by atoms with Gasteiger partial charge >= 0.3 is 0 Å². The van der Waals surface area contributed by atoms with Crippen molar-refractivity contribution in [2.24, 2.45) is 0 Å². The minimum atomic E-state index is 0.653. The molecule has 0 N–H and O–H groups in total. The van der Waals surface area contributed by atoms with Crippen molar-refractivity contribution < 1.29 is 4.74 Å². The first kappa shape index (κ1) is 9.13. The van der Waals surface area contributed by atoms with Gasteiger partial charge in [0.15, 0.2) is 0 Å². The molecule has 0 aliphatic rings. The summed E-state index contributed by atoms with van der Waals surface area (Å²) in [6, 6.07) is 5.73. The summed E-state index contributed by atoms with van der Waals surface area (Å²) in [6.45, 7) is 2.59. The molecule has 0 aliphatic heterocycles. The van der Waals surface area contributed by atoms with E-state index in [9.17, 15) is 0 Å². The second-order valence-electron chi connectivity index (χ2n) is 2.01. The maximum Gasteiger partial charge on any atom is 0.137 e. The van der Waals surface area contributed by atoms with Gasteiger partial charge in [-0.1, -0.05) is 11.6 Å². The van der Waals surface area contributed by atoms with Crippen molar-refractivity contribution in [3.63, 3.8) is 0 Å². The number of hydrogen-bond donors (Lipinski definition) is 0. The van der Waals surface area contributed by atoms with Gasteiger partial charge in [-0.15, -0.1) is 0 Å². The van der Waals surface area contributed by atoms with E-state index in [1.54, 1.807) is 0 Å². The van der Waals surface area contributed by atoms with Gasteiger partial charge < -0.3 is 4.74 Å². The Morgan fingerprint density at radius 1 is 1.55 bits per heavy atom. The molecule has 0 spiro atoms. The van der Waals surface area contributed by atoms with Gasteiger partial charge in [-0.2, -0.15) is 0 Å². The van der Waals surface area contributed by atoms with Crippen LogP contribution in [0.5, 0.6) is 5.75 Å². The van der Waals surface area contributed by atoms with Crippen molar-refractivity contribution in [1.82, 2.24) is 0 Å². The summed E-state index contributed by atoms with van der Waals surface area (Å²) in [4.78, 5) is 0. The summed E-state index contributed by atoms with van der Waals surface area (Å²) in [6.07, 6.45) is 0. The Labute approximate surface area is 84.8 Å². The molecule has 3 heteroatoms. The monoisotopic (exact) mass is 282 g/mol. The average Bonchev–Trinajstić information content (AvgIpc) is 1.95. The van der Waals surface area contributed by atoms with Crippen LogP contribution >= 0.6 is 34.2 Å². The second kappa shape index (κ2) is 4.16. The van der Waals surface area contributed by atoms with E-state index in [1.807, 2.05) is 25.1 Å². The Morgan fingerprint density at radius 2 is 2.27 bits per heavy atom. The number of benzene rings is 1. The van der Waals surface area contributed by atoms with Crippen molar-refractivity contribution in [3.05, 3.63) is 26.8 Å². The summed E-state index contributed by atoms with van der Waals surface area (Å²) >= 11 is 8.09. The van der Waals surface area contributed by atoms with Crippen molar-refractivity contribution in [2.75, 3.05) is 6.61 Å². The molecule has 0 bridgehead atoms. The molecule has 0 saturated carbocycles. The highest BCUT2D eigenvalue weighted by Crippen LogP contribution is 2.25. The molecule has 1 nitrogen and oxygen atoms in total. The van der Waals surface area contributed by atoms with Crippen LogP contribution in [0.25, 0.3) is 0 Å². The summed E-state index contributed by atoms with van der Waals surface area (Å²) in [7, 11) is 0. The Morgan fingerprint density at radius 3 is 2.82 bits per heavy atom. The molecular formula is C8H8ClIO. The third kappa shape index (κ3) is 2.52. The molecule has 60 valence electrons. The number of ether oxygens (including phenoxy) is 1. The molecule has 0 unspecified atom stereocenters. The first-order valence-electron chi connectivity index (χ1n) is 3.32. The lowest BCUT2D eigenvalue weighted by Gasteiger charge is -2.04. The first-order valence-corrected chi connectivity index (χ1v) is 4.77. The molecule has 0 aliphatic carbocycles. The zero-order chi connectivity index (χ0) is 8.27. The van der Waals surface area contributed by atoms with Gasteiger partial charge in [0.1, 0.15) is 5.75 Å². The number of hydrogen-bond acceptors (Lipinski definition) is 1. The van der Waals surface area contributed by atoms with Gasteiger partial charge in [0.2, 0.25) is 0 Å². The lowest BCUT2D eigenvalue weighted by atomic mass is 10.3. The van der Waals surface area contributed by atoms with Gasteiger partial charge in [-0.25, -0.2) is 0 Å². The lowest BCUT2D eigenvalue weighted by Crippen LogP contribution is -1.91. The zero-order valence-electron chi connectivity index (χ0n) is 6.10. The van der Waals surface area contributed by atoms with Gasteiger partial charge in [0.05, 0.1) is 11.6 Å². The smallest absolute Gasteiger partial charge is 0.137 e. The predicted octanol–water partition coefficient (Wildman–Crippen LogP) is 3.34. The molecule has 0 amide bonds. The molecule has 0 aromatic heterocycles. The Balaban J connectivity index is 2.90. The number of rotatable bonds is 2. The molecule has 11 heavy (non-hydrogen) atoms. The first-order chi connectivity index (χ1) is 5.24. The zero-order valence-corrected chi connectivity index (χ0v) is 9.02. The van der Waals surface area contributed by atoms with E-state index < -0.39 is 0 Å². The van der Waals surface area contributed by atoms with E-state index in [1.165, 1.54) is 0 Å². The molecule has 0 atom stereocenters. The van der Waals surface area contributed by atoms with Crippen LogP contribution in [-0.2, 0) is 0 Å². The highest BCUT2D eigenvalue weighted by molar-refractivity contribution is 14.1. The van der Waals surface area contributed by atoms with Gasteiger partial charge in [-0.3, -0.25) is 0 Å². The fraction of sp³-hybridized carbons (Fsp3) is 0.250.